The maximum atomic E-state index is 10.6. The van der Waals surface area contributed by atoms with E-state index in [9.17, 15) is 4.79 Å². The van der Waals surface area contributed by atoms with E-state index in [-0.39, 0.29) is 5.91 Å². The lowest BCUT2D eigenvalue weighted by Gasteiger charge is -2.08. The minimum absolute atomic E-state index is 0.331. The third-order valence-corrected chi connectivity index (χ3v) is 1.55. The normalized spacial score (nSPS) is 24.1. The molecule has 1 aliphatic carbocycles. The van der Waals surface area contributed by atoms with Gasteiger partial charge < -0.3 is 5.73 Å². The SMILES string of the molecule is C[C@H]1C=C(C(N)=O)C=CC1. The van der Waals surface area contributed by atoms with Gasteiger partial charge in [0.2, 0.25) is 5.91 Å². The van der Waals surface area contributed by atoms with E-state index >= 15 is 0 Å². The number of carbonyl (C=O) groups excluding carboxylic acids is 1. The molecule has 1 atom stereocenters. The van der Waals surface area contributed by atoms with Gasteiger partial charge in [-0.3, -0.25) is 4.79 Å². The molecule has 0 aliphatic heterocycles. The quantitative estimate of drug-likeness (QED) is 0.575. The van der Waals surface area contributed by atoms with Crippen LogP contribution in [0.4, 0.5) is 0 Å². The zero-order chi connectivity index (χ0) is 7.56. The summed E-state index contributed by atoms with van der Waals surface area (Å²) in [4.78, 5) is 10.6. The molecule has 54 valence electrons. The highest BCUT2D eigenvalue weighted by Crippen LogP contribution is 2.14. The summed E-state index contributed by atoms with van der Waals surface area (Å²) in [5.41, 5.74) is 5.71. The molecule has 1 amide bonds. The third kappa shape index (κ3) is 1.47. The van der Waals surface area contributed by atoms with E-state index in [4.69, 9.17) is 5.73 Å². The summed E-state index contributed by atoms with van der Waals surface area (Å²) in [6, 6.07) is 0. The Morgan fingerprint density at radius 3 is 2.90 bits per heavy atom. The van der Waals surface area contributed by atoms with Crippen LogP contribution in [0.1, 0.15) is 13.3 Å². The summed E-state index contributed by atoms with van der Waals surface area (Å²) in [6.07, 6.45) is 6.67. The van der Waals surface area contributed by atoms with Crippen molar-refractivity contribution in [2.45, 2.75) is 13.3 Å². The molecule has 2 N–H and O–H groups in total. The molecule has 10 heavy (non-hydrogen) atoms. The fourth-order valence-corrected chi connectivity index (χ4v) is 1.00. The van der Waals surface area contributed by atoms with E-state index in [0.29, 0.717) is 11.5 Å². The maximum Gasteiger partial charge on any atom is 0.248 e. The maximum absolute atomic E-state index is 10.6. The van der Waals surface area contributed by atoms with E-state index < -0.39 is 0 Å². The van der Waals surface area contributed by atoms with Crippen molar-refractivity contribution in [3.8, 4) is 0 Å². The molecule has 2 heteroatoms. The van der Waals surface area contributed by atoms with Crippen molar-refractivity contribution in [3.05, 3.63) is 23.8 Å². The van der Waals surface area contributed by atoms with Gasteiger partial charge in [-0.1, -0.05) is 25.2 Å². The molecule has 0 saturated carbocycles. The molecule has 1 rings (SSSR count). The highest BCUT2D eigenvalue weighted by Gasteiger charge is 2.07. The van der Waals surface area contributed by atoms with Crippen LogP contribution in [-0.4, -0.2) is 5.91 Å². The van der Waals surface area contributed by atoms with E-state index in [1.807, 2.05) is 12.2 Å². The highest BCUT2D eigenvalue weighted by molar-refractivity contribution is 5.94. The largest absolute Gasteiger partial charge is 0.366 e. The number of rotatable bonds is 1. The Bertz CT molecular complexity index is 203. The fourth-order valence-electron chi connectivity index (χ4n) is 1.00. The molecule has 0 radical (unpaired) electrons. The first-order chi connectivity index (χ1) is 4.70. The Morgan fingerprint density at radius 2 is 2.50 bits per heavy atom. The Hall–Kier alpha value is -1.05. The fraction of sp³-hybridized carbons (Fsp3) is 0.375. The number of allylic oxidation sites excluding steroid dienone is 2. The van der Waals surface area contributed by atoms with Gasteiger partial charge in [-0.05, 0) is 12.3 Å². The van der Waals surface area contributed by atoms with Crippen LogP contribution < -0.4 is 5.73 Å². The van der Waals surface area contributed by atoms with Gasteiger partial charge in [0.1, 0.15) is 0 Å². The predicted molar refractivity (Wildman–Crippen MR) is 40.2 cm³/mol. The number of hydrogen-bond donors (Lipinski definition) is 1. The topological polar surface area (TPSA) is 43.1 Å². The van der Waals surface area contributed by atoms with Crippen LogP contribution in [0, 0.1) is 5.92 Å². The molecule has 0 aromatic heterocycles. The molecule has 0 saturated heterocycles. The van der Waals surface area contributed by atoms with Crippen molar-refractivity contribution in [1.82, 2.24) is 0 Å². The molecule has 0 heterocycles. The van der Waals surface area contributed by atoms with Crippen LogP contribution in [0.15, 0.2) is 23.8 Å². The van der Waals surface area contributed by atoms with Crippen LogP contribution in [0.2, 0.25) is 0 Å². The van der Waals surface area contributed by atoms with E-state index in [1.165, 1.54) is 0 Å². The Morgan fingerprint density at radius 1 is 1.80 bits per heavy atom. The van der Waals surface area contributed by atoms with Gasteiger partial charge in [0.15, 0.2) is 0 Å². The molecular weight excluding hydrogens is 126 g/mol. The average molecular weight is 137 g/mol. The van der Waals surface area contributed by atoms with Crippen LogP contribution in [0.3, 0.4) is 0 Å². The molecule has 0 fully saturated rings. The van der Waals surface area contributed by atoms with Crippen molar-refractivity contribution in [2.24, 2.45) is 11.7 Å². The van der Waals surface area contributed by atoms with Gasteiger partial charge in [0, 0.05) is 5.57 Å². The minimum Gasteiger partial charge on any atom is -0.366 e. The molecule has 0 aromatic rings. The molecule has 0 spiro atoms. The summed E-state index contributed by atoms with van der Waals surface area (Å²) in [6.45, 7) is 2.06. The van der Waals surface area contributed by atoms with Crippen LogP contribution >= 0.6 is 0 Å². The van der Waals surface area contributed by atoms with Crippen molar-refractivity contribution >= 4 is 5.91 Å². The Kier molecular flexibility index (Phi) is 1.90. The van der Waals surface area contributed by atoms with Gasteiger partial charge in [-0.25, -0.2) is 0 Å². The first-order valence-electron chi connectivity index (χ1n) is 3.38. The molecular formula is C8H11NO. The Labute approximate surface area is 60.4 Å². The van der Waals surface area contributed by atoms with Crippen molar-refractivity contribution in [2.75, 3.05) is 0 Å². The van der Waals surface area contributed by atoms with Gasteiger partial charge in [0.05, 0.1) is 0 Å². The lowest BCUT2D eigenvalue weighted by atomic mass is 9.98. The van der Waals surface area contributed by atoms with Crippen molar-refractivity contribution in [3.63, 3.8) is 0 Å². The molecule has 0 bridgehead atoms. The number of hydrogen-bond acceptors (Lipinski definition) is 1. The number of primary amides is 1. The average Bonchev–Trinajstić information content (AvgIpc) is 1.88. The van der Waals surface area contributed by atoms with Crippen LogP contribution in [0.5, 0.6) is 0 Å². The van der Waals surface area contributed by atoms with E-state index in [0.717, 1.165) is 6.42 Å². The summed E-state index contributed by atoms with van der Waals surface area (Å²) >= 11 is 0. The zero-order valence-electron chi connectivity index (χ0n) is 6.00. The highest BCUT2D eigenvalue weighted by atomic mass is 16.1. The van der Waals surface area contributed by atoms with E-state index in [2.05, 4.69) is 6.92 Å². The molecule has 2 nitrogen and oxygen atoms in total. The second kappa shape index (κ2) is 2.69. The predicted octanol–water partition coefficient (Wildman–Crippen LogP) is 0.994. The lowest BCUT2D eigenvalue weighted by Crippen LogP contribution is -2.14. The van der Waals surface area contributed by atoms with Gasteiger partial charge in [0.25, 0.3) is 0 Å². The second-order valence-electron chi connectivity index (χ2n) is 2.60. The second-order valence-corrected chi connectivity index (χ2v) is 2.60. The number of carbonyl (C=O) groups is 1. The monoisotopic (exact) mass is 137 g/mol. The molecule has 0 aromatic carbocycles. The van der Waals surface area contributed by atoms with Gasteiger partial charge in [-0.2, -0.15) is 0 Å². The smallest absolute Gasteiger partial charge is 0.248 e. The number of nitrogens with two attached hydrogens (primary N) is 1. The standard InChI is InChI=1S/C8H11NO/c1-6-3-2-4-7(5-6)8(9)10/h2,4-6H,3H2,1H3,(H2,9,10)/t6-/m1/s1. The van der Waals surface area contributed by atoms with Crippen molar-refractivity contribution in [1.29, 1.82) is 0 Å². The van der Waals surface area contributed by atoms with Gasteiger partial charge in [-0.15, -0.1) is 0 Å². The van der Waals surface area contributed by atoms with E-state index in [1.54, 1.807) is 6.08 Å². The Balaban J connectivity index is 2.76. The third-order valence-electron chi connectivity index (χ3n) is 1.55. The number of amides is 1. The minimum atomic E-state index is -0.331. The van der Waals surface area contributed by atoms with Crippen LogP contribution in [0.25, 0.3) is 0 Å². The molecule has 1 aliphatic rings. The summed E-state index contributed by atoms with van der Waals surface area (Å²) in [5, 5.41) is 0. The summed E-state index contributed by atoms with van der Waals surface area (Å²) in [7, 11) is 0. The summed E-state index contributed by atoms with van der Waals surface area (Å²) in [5.74, 6) is 0.121. The summed E-state index contributed by atoms with van der Waals surface area (Å²) < 4.78 is 0. The van der Waals surface area contributed by atoms with Crippen LogP contribution in [-0.2, 0) is 4.79 Å². The first-order valence-corrected chi connectivity index (χ1v) is 3.38. The molecule has 0 unspecified atom stereocenters. The zero-order valence-corrected chi connectivity index (χ0v) is 6.00. The van der Waals surface area contributed by atoms with Crippen molar-refractivity contribution < 1.29 is 4.79 Å². The van der Waals surface area contributed by atoms with Gasteiger partial charge >= 0.3 is 0 Å². The first kappa shape index (κ1) is 7.06. The lowest BCUT2D eigenvalue weighted by molar-refractivity contribution is -0.114.